The molecular formula is C15H10F3N3OS2. The summed E-state index contributed by atoms with van der Waals surface area (Å²) in [6.07, 6.45) is -2.65. The zero-order chi connectivity index (χ0) is 17.3. The van der Waals surface area contributed by atoms with E-state index in [0.29, 0.717) is 15.4 Å². The molecule has 0 N–H and O–H groups in total. The summed E-state index contributed by atoms with van der Waals surface area (Å²) in [5.41, 5.74) is -0.324. The number of benzene rings is 1. The van der Waals surface area contributed by atoms with Crippen LogP contribution in [0.2, 0.25) is 0 Å². The van der Waals surface area contributed by atoms with Gasteiger partial charge in [0.25, 0.3) is 5.91 Å². The molecule has 3 aromatic rings. The Kier molecular flexibility index (Phi) is 4.37. The zero-order valence-electron chi connectivity index (χ0n) is 12.2. The summed E-state index contributed by atoms with van der Waals surface area (Å²) in [6, 6.07) is 4.86. The molecular weight excluding hydrogens is 359 g/mol. The van der Waals surface area contributed by atoms with E-state index in [1.165, 1.54) is 28.8 Å². The molecule has 1 amide bonds. The minimum absolute atomic E-state index is 0.112. The van der Waals surface area contributed by atoms with Crippen LogP contribution in [0.25, 0.3) is 10.6 Å². The summed E-state index contributed by atoms with van der Waals surface area (Å²) < 4.78 is 40.0. The highest BCUT2D eigenvalue weighted by Crippen LogP contribution is 2.33. The van der Waals surface area contributed by atoms with Gasteiger partial charge in [0.2, 0.25) is 0 Å². The van der Waals surface area contributed by atoms with Crippen LogP contribution in [-0.2, 0) is 13.2 Å². The third-order valence-electron chi connectivity index (χ3n) is 3.12. The Morgan fingerprint density at radius 1 is 1.29 bits per heavy atom. The second kappa shape index (κ2) is 6.33. The molecule has 0 saturated heterocycles. The standard InChI is InChI=1S/C15H10F3N3OS2/c1-21-5-6-23-14(21)20-12(22)11-8-24-13(19-11)9-3-2-4-10(7-9)15(16,17)18/h2-8H,1H3. The summed E-state index contributed by atoms with van der Waals surface area (Å²) in [7, 11) is 1.76. The van der Waals surface area contributed by atoms with Gasteiger partial charge in [-0.15, -0.1) is 22.7 Å². The van der Waals surface area contributed by atoms with Crippen molar-refractivity contribution < 1.29 is 18.0 Å². The van der Waals surface area contributed by atoms with Crippen LogP contribution in [0.5, 0.6) is 0 Å². The van der Waals surface area contributed by atoms with Gasteiger partial charge in [-0.3, -0.25) is 4.79 Å². The first-order valence-corrected chi connectivity index (χ1v) is 8.43. The number of alkyl halides is 3. The normalized spacial score (nSPS) is 12.6. The second-order valence-electron chi connectivity index (χ2n) is 4.83. The number of halogens is 3. The predicted molar refractivity (Wildman–Crippen MR) is 85.7 cm³/mol. The molecule has 24 heavy (non-hydrogen) atoms. The Morgan fingerprint density at radius 3 is 2.75 bits per heavy atom. The lowest BCUT2D eigenvalue weighted by molar-refractivity contribution is -0.137. The molecule has 124 valence electrons. The average Bonchev–Trinajstić information content (AvgIpc) is 3.16. The van der Waals surface area contributed by atoms with Gasteiger partial charge in [0.15, 0.2) is 4.80 Å². The van der Waals surface area contributed by atoms with Crippen molar-refractivity contribution in [3.63, 3.8) is 0 Å². The second-order valence-corrected chi connectivity index (χ2v) is 6.56. The number of nitrogens with zero attached hydrogens (tertiary/aromatic N) is 3. The number of amides is 1. The highest BCUT2D eigenvalue weighted by Gasteiger charge is 2.30. The molecule has 0 unspecified atom stereocenters. The lowest BCUT2D eigenvalue weighted by Crippen LogP contribution is -2.12. The fourth-order valence-electron chi connectivity index (χ4n) is 1.91. The molecule has 0 aliphatic rings. The largest absolute Gasteiger partial charge is 0.416 e. The van der Waals surface area contributed by atoms with Crippen LogP contribution in [0.15, 0.2) is 46.2 Å². The van der Waals surface area contributed by atoms with E-state index in [0.717, 1.165) is 23.5 Å². The van der Waals surface area contributed by atoms with Crippen LogP contribution in [-0.4, -0.2) is 15.5 Å². The van der Waals surface area contributed by atoms with Crippen molar-refractivity contribution in [3.8, 4) is 10.6 Å². The molecule has 0 fully saturated rings. The van der Waals surface area contributed by atoms with Gasteiger partial charge in [0, 0.05) is 29.6 Å². The third kappa shape index (κ3) is 3.46. The Morgan fingerprint density at radius 2 is 2.08 bits per heavy atom. The van der Waals surface area contributed by atoms with Crippen molar-refractivity contribution in [2.45, 2.75) is 6.18 Å². The molecule has 0 aliphatic carbocycles. The lowest BCUT2D eigenvalue weighted by Gasteiger charge is -2.07. The number of carbonyl (C=O) groups is 1. The van der Waals surface area contributed by atoms with Gasteiger partial charge in [0.1, 0.15) is 10.7 Å². The van der Waals surface area contributed by atoms with Gasteiger partial charge >= 0.3 is 6.18 Å². The molecule has 0 spiro atoms. The van der Waals surface area contributed by atoms with E-state index in [4.69, 9.17) is 0 Å². The molecule has 0 radical (unpaired) electrons. The highest BCUT2D eigenvalue weighted by atomic mass is 32.1. The molecule has 1 aromatic carbocycles. The first-order chi connectivity index (χ1) is 11.3. The van der Waals surface area contributed by atoms with Crippen molar-refractivity contribution in [2.75, 3.05) is 0 Å². The predicted octanol–water partition coefficient (Wildman–Crippen LogP) is 3.97. The van der Waals surface area contributed by atoms with Gasteiger partial charge in [-0.2, -0.15) is 18.2 Å². The van der Waals surface area contributed by atoms with E-state index < -0.39 is 17.6 Å². The van der Waals surface area contributed by atoms with Gasteiger partial charge in [-0.25, -0.2) is 4.98 Å². The summed E-state index contributed by atoms with van der Waals surface area (Å²) in [5.74, 6) is -0.525. The topological polar surface area (TPSA) is 47.2 Å². The van der Waals surface area contributed by atoms with Gasteiger partial charge < -0.3 is 4.57 Å². The van der Waals surface area contributed by atoms with Crippen LogP contribution < -0.4 is 4.80 Å². The van der Waals surface area contributed by atoms with Crippen molar-refractivity contribution in [1.29, 1.82) is 0 Å². The summed E-state index contributed by atoms with van der Waals surface area (Å²) in [4.78, 5) is 20.7. The fourth-order valence-corrected chi connectivity index (χ4v) is 3.43. The highest BCUT2D eigenvalue weighted by molar-refractivity contribution is 7.13. The third-order valence-corrected chi connectivity index (χ3v) is 4.86. The molecule has 0 atom stereocenters. The molecule has 3 rings (SSSR count). The first kappa shape index (κ1) is 16.6. The molecule has 0 saturated carbocycles. The van der Waals surface area contributed by atoms with E-state index in [2.05, 4.69) is 9.98 Å². The number of carbonyl (C=O) groups excluding carboxylic acids is 1. The fraction of sp³-hybridized carbons (Fsp3) is 0.133. The van der Waals surface area contributed by atoms with Crippen molar-refractivity contribution in [2.24, 2.45) is 12.0 Å². The summed E-state index contributed by atoms with van der Waals surface area (Å²) in [5, 5.41) is 3.63. The maximum Gasteiger partial charge on any atom is 0.416 e. The number of thiazole rings is 2. The number of aryl methyl sites for hydroxylation is 1. The number of aromatic nitrogens is 2. The Labute approximate surface area is 142 Å². The quantitative estimate of drug-likeness (QED) is 0.686. The SMILES string of the molecule is Cn1ccsc1=NC(=O)c1csc(-c2cccc(C(F)(F)F)c2)n1. The zero-order valence-corrected chi connectivity index (χ0v) is 13.9. The number of rotatable bonds is 2. The van der Waals surface area contributed by atoms with Gasteiger partial charge in [0.05, 0.1) is 5.56 Å². The van der Waals surface area contributed by atoms with Crippen LogP contribution >= 0.6 is 22.7 Å². The molecule has 4 nitrogen and oxygen atoms in total. The van der Waals surface area contributed by atoms with E-state index in [9.17, 15) is 18.0 Å². The first-order valence-electron chi connectivity index (χ1n) is 6.67. The van der Waals surface area contributed by atoms with E-state index in [-0.39, 0.29) is 5.69 Å². The van der Waals surface area contributed by atoms with Crippen LogP contribution in [0.1, 0.15) is 16.1 Å². The monoisotopic (exact) mass is 369 g/mol. The van der Waals surface area contributed by atoms with E-state index >= 15 is 0 Å². The summed E-state index contributed by atoms with van der Waals surface area (Å²) in [6.45, 7) is 0. The Hall–Kier alpha value is -2.26. The molecule has 0 bridgehead atoms. The smallest absolute Gasteiger partial charge is 0.327 e. The van der Waals surface area contributed by atoms with Crippen LogP contribution in [0, 0.1) is 0 Å². The molecule has 2 aromatic heterocycles. The number of hydrogen-bond donors (Lipinski definition) is 0. The van der Waals surface area contributed by atoms with Crippen LogP contribution in [0.3, 0.4) is 0 Å². The van der Waals surface area contributed by atoms with Gasteiger partial charge in [-0.05, 0) is 12.1 Å². The van der Waals surface area contributed by atoms with E-state index in [1.54, 1.807) is 23.2 Å². The minimum Gasteiger partial charge on any atom is -0.327 e. The summed E-state index contributed by atoms with van der Waals surface area (Å²) >= 11 is 2.41. The minimum atomic E-state index is -4.42. The van der Waals surface area contributed by atoms with Crippen molar-refractivity contribution >= 4 is 28.6 Å². The lowest BCUT2D eigenvalue weighted by atomic mass is 10.1. The molecule has 0 aliphatic heterocycles. The van der Waals surface area contributed by atoms with Crippen LogP contribution in [0.4, 0.5) is 13.2 Å². The average molecular weight is 369 g/mol. The van der Waals surface area contributed by atoms with Crippen molar-refractivity contribution in [1.82, 2.24) is 9.55 Å². The maximum absolute atomic E-state index is 12.8. The van der Waals surface area contributed by atoms with Crippen molar-refractivity contribution in [3.05, 3.63) is 57.3 Å². The maximum atomic E-state index is 12.8. The number of hydrogen-bond acceptors (Lipinski definition) is 4. The molecule has 9 heteroatoms. The van der Waals surface area contributed by atoms with E-state index in [1.807, 2.05) is 0 Å². The molecule has 2 heterocycles. The Balaban J connectivity index is 1.92. The van der Waals surface area contributed by atoms with Gasteiger partial charge in [-0.1, -0.05) is 12.1 Å². The Bertz CT molecular complexity index is 953.